The third-order valence-corrected chi connectivity index (χ3v) is 7.44. The summed E-state index contributed by atoms with van der Waals surface area (Å²) in [6.07, 6.45) is 1.02. The first-order valence-electron chi connectivity index (χ1n) is 11.7. The SMILES string of the molecule is CC(=O)OCC1=C(C(=O)O)N2C(=O)C(NC(=O)C(NC(=O)Nc3c[nH]c(=O)n(C)c3=O)c3ccccc3)[C@@H]2SC1. The molecule has 3 heterocycles. The Balaban J connectivity index is 1.51. The minimum atomic E-state index is -1.38. The zero-order valence-corrected chi connectivity index (χ0v) is 21.9. The van der Waals surface area contributed by atoms with Crippen LogP contribution in [0.3, 0.4) is 0 Å². The van der Waals surface area contributed by atoms with Gasteiger partial charge in [0.1, 0.15) is 35.4 Å². The van der Waals surface area contributed by atoms with Gasteiger partial charge in [0.25, 0.3) is 11.5 Å². The summed E-state index contributed by atoms with van der Waals surface area (Å²) in [6.45, 7) is 0.892. The van der Waals surface area contributed by atoms with E-state index in [2.05, 4.69) is 20.9 Å². The molecule has 4 rings (SSSR count). The molecule has 1 fully saturated rings. The standard InChI is InChI=1S/C24H24N6O9S/c1-11(31)39-9-13-10-40-21-16(20(34)30(21)17(13)22(35)36)27-18(32)15(12-6-4-3-5-7-12)28-23(37)26-14-8-25-24(38)29(2)19(14)33/h3-8,15-16,21H,9-10H2,1-2H3,(H,25,38)(H,27,32)(H,35,36)(H2,26,28,37)/t15?,16?,21-/m0/s1. The first-order valence-corrected chi connectivity index (χ1v) is 12.8. The molecule has 2 unspecified atom stereocenters. The van der Waals surface area contributed by atoms with Gasteiger partial charge in [0.15, 0.2) is 0 Å². The van der Waals surface area contributed by atoms with Gasteiger partial charge >= 0.3 is 23.7 Å². The molecule has 2 aliphatic rings. The van der Waals surface area contributed by atoms with E-state index in [1.165, 1.54) is 25.7 Å². The number of fused-ring (bicyclic) bond motifs is 1. The maximum Gasteiger partial charge on any atom is 0.352 e. The number of carbonyl (C=O) groups excluding carboxylic acids is 4. The number of amides is 4. The van der Waals surface area contributed by atoms with E-state index in [-0.39, 0.29) is 29.3 Å². The topological polar surface area (TPSA) is 209 Å². The predicted molar refractivity (Wildman–Crippen MR) is 140 cm³/mol. The summed E-state index contributed by atoms with van der Waals surface area (Å²) < 4.78 is 5.66. The van der Waals surface area contributed by atoms with Gasteiger partial charge in [-0.3, -0.25) is 28.6 Å². The summed E-state index contributed by atoms with van der Waals surface area (Å²) in [6, 6.07) is 4.76. The van der Waals surface area contributed by atoms with Gasteiger partial charge in [-0.05, 0) is 5.56 Å². The number of H-pyrrole nitrogens is 1. The van der Waals surface area contributed by atoms with E-state index in [0.717, 1.165) is 15.7 Å². The molecule has 1 aromatic carbocycles. The number of benzene rings is 1. The van der Waals surface area contributed by atoms with Gasteiger partial charge in [-0.2, -0.15) is 0 Å². The third kappa shape index (κ3) is 5.61. The Morgan fingerprint density at radius 3 is 2.52 bits per heavy atom. The number of anilines is 1. The Bertz CT molecular complexity index is 1530. The Kier molecular flexibility index (Phi) is 8.08. The van der Waals surface area contributed by atoms with Gasteiger partial charge in [0.2, 0.25) is 5.91 Å². The zero-order chi connectivity index (χ0) is 29.1. The average molecular weight is 573 g/mol. The number of rotatable bonds is 8. The molecule has 40 heavy (non-hydrogen) atoms. The van der Waals surface area contributed by atoms with Crippen LogP contribution in [0.15, 0.2) is 57.4 Å². The highest BCUT2D eigenvalue weighted by atomic mass is 32.2. The summed E-state index contributed by atoms with van der Waals surface area (Å²) >= 11 is 1.19. The van der Waals surface area contributed by atoms with Crippen LogP contribution in [0, 0.1) is 0 Å². The molecular formula is C24H24N6O9S. The maximum absolute atomic E-state index is 13.3. The Morgan fingerprint density at radius 1 is 1.18 bits per heavy atom. The Morgan fingerprint density at radius 2 is 1.88 bits per heavy atom. The van der Waals surface area contributed by atoms with E-state index in [9.17, 15) is 38.7 Å². The minimum Gasteiger partial charge on any atom is -0.477 e. The normalized spacial score (nSPS) is 18.6. The smallest absolute Gasteiger partial charge is 0.352 e. The molecule has 2 aliphatic heterocycles. The number of aliphatic carboxylic acids is 1. The number of aromatic nitrogens is 2. The lowest BCUT2D eigenvalue weighted by Gasteiger charge is -2.49. The van der Waals surface area contributed by atoms with Crippen molar-refractivity contribution in [1.82, 2.24) is 25.1 Å². The van der Waals surface area contributed by atoms with Gasteiger partial charge in [-0.15, -0.1) is 11.8 Å². The summed E-state index contributed by atoms with van der Waals surface area (Å²) in [7, 11) is 1.22. The molecular weight excluding hydrogens is 548 g/mol. The number of nitrogens with one attached hydrogen (secondary N) is 4. The second kappa shape index (κ2) is 11.5. The first kappa shape index (κ1) is 28.2. The molecule has 15 nitrogen and oxygen atoms in total. The van der Waals surface area contributed by atoms with Crippen LogP contribution in [-0.2, 0) is 31.0 Å². The van der Waals surface area contributed by atoms with Crippen LogP contribution in [0.4, 0.5) is 10.5 Å². The lowest BCUT2D eigenvalue weighted by molar-refractivity contribution is -0.151. The fourth-order valence-corrected chi connectivity index (χ4v) is 5.44. The lowest BCUT2D eigenvalue weighted by atomic mass is 10.0. The highest BCUT2D eigenvalue weighted by Crippen LogP contribution is 2.40. The van der Waals surface area contributed by atoms with Gasteiger partial charge < -0.3 is 30.8 Å². The summed E-state index contributed by atoms with van der Waals surface area (Å²) in [5.74, 6) is -3.28. The molecule has 4 amide bonds. The molecule has 1 aromatic heterocycles. The lowest BCUT2D eigenvalue weighted by Crippen LogP contribution is -2.71. The van der Waals surface area contributed by atoms with Crippen molar-refractivity contribution in [2.45, 2.75) is 24.4 Å². The molecule has 16 heteroatoms. The van der Waals surface area contributed by atoms with Crippen molar-refractivity contribution in [3.8, 4) is 0 Å². The second-order valence-corrected chi connectivity index (χ2v) is 9.85. The van der Waals surface area contributed by atoms with Crippen LogP contribution >= 0.6 is 11.8 Å². The monoisotopic (exact) mass is 572 g/mol. The van der Waals surface area contributed by atoms with E-state index in [0.29, 0.717) is 5.56 Å². The molecule has 0 radical (unpaired) electrons. The summed E-state index contributed by atoms with van der Waals surface area (Å²) in [5, 5.41) is 16.3. The number of esters is 1. The highest BCUT2D eigenvalue weighted by molar-refractivity contribution is 8.00. The van der Waals surface area contributed by atoms with Crippen LogP contribution < -0.4 is 27.2 Å². The first-order chi connectivity index (χ1) is 19.0. The fourth-order valence-electron chi connectivity index (χ4n) is 4.11. The van der Waals surface area contributed by atoms with E-state index in [1.54, 1.807) is 30.3 Å². The van der Waals surface area contributed by atoms with Crippen molar-refractivity contribution in [2.75, 3.05) is 17.7 Å². The van der Waals surface area contributed by atoms with Crippen LogP contribution in [0.25, 0.3) is 0 Å². The van der Waals surface area contributed by atoms with Crippen molar-refractivity contribution < 1.29 is 33.8 Å². The molecule has 1 saturated heterocycles. The van der Waals surface area contributed by atoms with Crippen molar-refractivity contribution in [2.24, 2.45) is 7.05 Å². The summed E-state index contributed by atoms with van der Waals surface area (Å²) in [5.41, 5.74) is -1.40. The van der Waals surface area contributed by atoms with Gasteiger partial charge in [-0.1, -0.05) is 30.3 Å². The molecule has 0 aliphatic carbocycles. The van der Waals surface area contributed by atoms with E-state index < -0.39 is 58.5 Å². The Labute approximate surface area is 229 Å². The van der Waals surface area contributed by atoms with Crippen LogP contribution in [0.1, 0.15) is 18.5 Å². The Hall–Kier alpha value is -4.86. The number of nitrogens with zero attached hydrogens (tertiary/aromatic N) is 2. The number of β-lactam (4-membered cyclic amide) rings is 1. The van der Waals surface area contributed by atoms with Crippen LogP contribution in [0.5, 0.6) is 0 Å². The number of thioether (sulfide) groups is 1. The largest absolute Gasteiger partial charge is 0.477 e. The molecule has 2 aromatic rings. The fraction of sp³-hybridized carbons (Fsp3) is 0.292. The zero-order valence-electron chi connectivity index (χ0n) is 21.1. The number of carboxylic acid groups (broad SMARTS) is 1. The number of ether oxygens (including phenoxy) is 1. The maximum atomic E-state index is 13.3. The number of hydrogen-bond acceptors (Lipinski definition) is 9. The quantitative estimate of drug-likeness (QED) is 0.197. The van der Waals surface area contributed by atoms with Crippen molar-refractivity contribution >= 4 is 47.2 Å². The second-order valence-electron chi connectivity index (χ2n) is 8.75. The number of carbonyl (C=O) groups is 5. The minimum absolute atomic E-state index is 0.145. The third-order valence-electron chi connectivity index (χ3n) is 6.10. The van der Waals surface area contributed by atoms with Crippen molar-refractivity contribution in [3.63, 3.8) is 0 Å². The molecule has 210 valence electrons. The van der Waals surface area contributed by atoms with E-state index >= 15 is 0 Å². The van der Waals surface area contributed by atoms with Gasteiger partial charge in [0, 0.05) is 31.5 Å². The molecule has 0 bridgehead atoms. The van der Waals surface area contributed by atoms with Crippen molar-refractivity contribution in [3.05, 3.63) is 74.2 Å². The number of hydrogen-bond donors (Lipinski definition) is 5. The molecule has 0 saturated carbocycles. The molecule has 3 atom stereocenters. The van der Waals surface area contributed by atoms with E-state index in [4.69, 9.17) is 4.74 Å². The van der Waals surface area contributed by atoms with E-state index in [1.807, 2.05) is 0 Å². The summed E-state index contributed by atoms with van der Waals surface area (Å²) in [4.78, 5) is 89.3. The van der Waals surface area contributed by atoms with Crippen molar-refractivity contribution in [1.29, 1.82) is 0 Å². The van der Waals surface area contributed by atoms with Crippen LogP contribution in [0.2, 0.25) is 0 Å². The number of aromatic amines is 1. The van der Waals surface area contributed by atoms with Gasteiger partial charge in [0.05, 0.1) is 0 Å². The highest BCUT2D eigenvalue weighted by Gasteiger charge is 2.54. The molecule has 0 spiro atoms. The molecule has 5 N–H and O–H groups in total. The number of carboxylic acids is 1. The predicted octanol–water partition coefficient (Wildman–Crippen LogP) is -0.762. The number of urea groups is 1. The van der Waals surface area contributed by atoms with Gasteiger partial charge in [-0.25, -0.2) is 14.4 Å². The average Bonchev–Trinajstić information content (AvgIpc) is 2.93. The van der Waals surface area contributed by atoms with Crippen LogP contribution in [-0.4, -0.2) is 73.1 Å².